The van der Waals surface area contributed by atoms with Crippen LogP contribution in [0.4, 0.5) is 0 Å². The molecule has 2 N–H and O–H groups in total. The number of hydrogen-bond donors (Lipinski definition) is 2. The molecule has 5 nitrogen and oxygen atoms in total. The molecule has 0 aromatic carbocycles. The zero-order chi connectivity index (χ0) is 14.7. The standard InChI is InChI=1S/C14H15N3O2S2/c18-8-10-5-12(21-9-10)1-2-13(19)15-6-11-7-17-3-4-20-14(17)16-11/h1-2,5,7,9,18H,3-4,6,8H2,(H,15,19). The van der Waals surface area contributed by atoms with Gasteiger partial charge in [0.25, 0.3) is 0 Å². The molecule has 21 heavy (non-hydrogen) atoms. The Morgan fingerprint density at radius 3 is 3.24 bits per heavy atom. The topological polar surface area (TPSA) is 67.2 Å². The minimum Gasteiger partial charge on any atom is -0.392 e. The normalized spacial score (nSPS) is 13.8. The van der Waals surface area contributed by atoms with Crippen molar-refractivity contribution in [2.45, 2.75) is 24.9 Å². The third-order valence-electron chi connectivity index (χ3n) is 3.05. The van der Waals surface area contributed by atoms with Crippen molar-refractivity contribution in [2.75, 3.05) is 5.75 Å². The van der Waals surface area contributed by atoms with E-state index < -0.39 is 0 Å². The molecule has 7 heteroatoms. The van der Waals surface area contributed by atoms with Gasteiger partial charge >= 0.3 is 0 Å². The maximum absolute atomic E-state index is 11.8. The highest BCUT2D eigenvalue weighted by Crippen LogP contribution is 2.24. The number of amides is 1. The van der Waals surface area contributed by atoms with Gasteiger partial charge in [-0.2, -0.15) is 0 Å². The molecule has 0 fully saturated rings. The van der Waals surface area contributed by atoms with Crippen molar-refractivity contribution < 1.29 is 9.90 Å². The number of aliphatic hydroxyl groups excluding tert-OH is 1. The van der Waals surface area contributed by atoms with E-state index in [1.807, 2.05) is 17.6 Å². The lowest BCUT2D eigenvalue weighted by Crippen LogP contribution is -2.20. The number of rotatable bonds is 5. The fourth-order valence-electron chi connectivity index (χ4n) is 2.01. The van der Waals surface area contributed by atoms with Crippen LogP contribution in [0.3, 0.4) is 0 Å². The monoisotopic (exact) mass is 321 g/mol. The number of nitrogens with one attached hydrogen (secondary N) is 1. The number of carbonyl (C=O) groups is 1. The second-order valence-electron chi connectivity index (χ2n) is 4.62. The molecule has 0 atom stereocenters. The highest BCUT2D eigenvalue weighted by Gasteiger charge is 2.14. The van der Waals surface area contributed by atoms with Gasteiger partial charge in [-0.25, -0.2) is 4.98 Å². The number of fused-ring (bicyclic) bond motifs is 1. The number of carbonyl (C=O) groups excluding carboxylic acids is 1. The van der Waals surface area contributed by atoms with E-state index in [2.05, 4.69) is 14.9 Å². The van der Waals surface area contributed by atoms with Crippen LogP contribution < -0.4 is 5.32 Å². The van der Waals surface area contributed by atoms with Crippen molar-refractivity contribution in [3.63, 3.8) is 0 Å². The van der Waals surface area contributed by atoms with E-state index >= 15 is 0 Å². The number of aliphatic hydroxyl groups is 1. The second kappa shape index (κ2) is 6.46. The molecular weight excluding hydrogens is 306 g/mol. The number of hydrogen-bond acceptors (Lipinski definition) is 5. The summed E-state index contributed by atoms with van der Waals surface area (Å²) in [5, 5.41) is 14.7. The smallest absolute Gasteiger partial charge is 0.244 e. The van der Waals surface area contributed by atoms with Gasteiger partial charge in [0.05, 0.1) is 18.8 Å². The number of aryl methyl sites for hydroxylation is 1. The predicted molar refractivity (Wildman–Crippen MR) is 84.1 cm³/mol. The van der Waals surface area contributed by atoms with E-state index in [0.717, 1.165) is 33.6 Å². The highest BCUT2D eigenvalue weighted by atomic mass is 32.2. The molecule has 0 radical (unpaired) electrons. The van der Waals surface area contributed by atoms with Gasteiger partial charge in [0.1, 0.15) is 0 Å². The Hall–Kier alpha value is -1.57. The van der Waals surface area contributed by atoms with Crippen molar-refractivity contribution in [1.82, 2.24) is 14.9 Å². The molecule has 110 valence electrons. The minimum atomic E-state index is -0.144. The zero-order valence-electron chi connectivity index (χ0n) is 11.3. The number of nitrogens with zero attached hydrogens (tertiary/aromatic N) is 2. The molecule has 3 rings (SSSR count). The lowest BCUT2D eigenvalue weighted by Gasteiger charge is -1.98. The quantitative estimate of drug-likeness (QED) is 0.825. The van der Waals surface area contributed by atoms with E-state index in [9.17, 15) is 4.79 Å². The van der Waals surface area contributed by atoms with Gasteiger partial charge in [-0.15, -0.1) is 11.3 Å². The van der Waals surface area contributed by atoms with Crippen molar-refractivity contribution in [2.24, 2.45) is 0 Å². The van der Waals surface area contributed by atoms with Crippen molar-refractivity contribution in [1.29, 1.82) is 0 Å². The summed E-state index contributed by atoms with van der Waals surface area (Å²) in [4.78, 5) is 17.2. The summed E-state index contributed by atoms with van der Waals surface area (Å²) in [5.74, 6) is 0.934. The fraction of sp³-hybridized carbons (Fsp3) is 0.286. The summed E-state index contributed by atoms with van der Waals surface area (Å²) in [6.45, 7) is 1.46. The molecule has 2 aromatic heterocycles. The lowest BCUT2D eigenvalue weighted by molar-refractivity contribution is -0.116. The Kier molecular flexibility index (Phi) is 4.42. The van der Waals surface area contributed by atoms with Crippen molar-refractivity contribution in [3.8, 4) is 0 Å². The van der Waals surface area contributed by atoms with Crippen LogP contribution in [-0.2, 0) is 24.5 Å². The van der Waals surface area contributed by atoms with Crippen LogP contribution in [0.15, 0.2) is 28.9 Å². The first-order chi connectivity index (χ1) is 10.2. The predicted octanol–water partition coefficient (Wildman–Crippen LogP) is 1.87. The molecule has 1 amide bonds. The summed E-state index contributed by atoms with van der Waals surface area (Å²) < 4.78 is 2.12. The SMILES string of the molecule is O=C(C=Cc1cc(CO)cs1)NCc1cn2c(n1)SCC2. The van der Waals surface area contributed by atoms with Crippen LogP contribution in [0.1, 0.15) is 16.1 Å². The van der Waals surface area contributed by atoms with Gasteiger partial charge in [-0.3, -0.25) is 4.79 Å². The Morgan fingerprint density at radius 1 is 1.57 bits per heavy atom. The van der Waals surface area contributed by atoms with Crippen LogP contribution in [-0.4, -0.2) is 26.3 Å². The highest BCUT2D eigenvalue weighted by molar-refractivity contribution is 7.99. The maximum Gasteiger partial charge on any atom is 0.244 e. The first-order valence-corrected chi connectivity index (χ1v) is 8.44. The van der Waals surface area contributed by atoms with Gasteiger partial charge in [-0.05, 0) is 23.1 Å². The summed E-state index contributed by atoms with van der Waals surface area (Å²) in [5.41, 5.74) is 1.75. The molecule has 0 saturated heterocycles. The Morgan fingerprint density at radius 2 is 2.48 bits per heavy atom. The fourth-order valence-corrected chi connectivity index (χ4v) is 3.76. The van der Waals surface area contributed by atoms with Gasteiger partial charge in [-0.1, -0.05) is 11.8 Å². The average Bonchev–Trinajstić information content (AvgIpc) is 3.17. The van der Waals surface area contributed by atoms with E-state index in [-0.39, 0.29) is 12.5 Å². The molecule has 0 bridgehead atoms. The lowest BCUT2D eigenvalue weighted by atomic mass is 10.3. The van der Waals surface area contributed by atoms with Crippen LogP contribution in [0.25, 0.3) is 6.08 Å². The minimum absolute atomic E-state index is 0.0273. The van der Waals surface area contributed by atoms with Gasteiger partial charge in [0.15, 0.2) is 5.16 Å². The van der Waals surface area contributed by atoms with Crippen LogP contribution in [0.5, 0.6) is 0 Å². The molecule has 1 aliphatic heterocycles. The molecule has 0 unspecified atom stereocenters. The first kappa shape index (κ1) is 14.4. The average molecular weight is 321 g/mol. The molecule has 0 aliphatic carbocycles. The van der Waals surface area contributed by atoms with Crippen LogP contribution in [0.2, 0.25) is 0 Å². The van der Waals surface area contributed by atoms with Gasteiger partial charge in [0, 0.05) is 29.4 Å². The molecule has 1 aliphatic rings. The van der Waals surface area contributed by atoms with E-state index in [4.69, 9.17) is 5.11 Å². The van der Waals surface area contributed by atoms with Crippen molar-refractivity contribution >= 4 is 35.1 Å². The van der Waals surface area contributed by atoms with E-state index in [1.54, 1.807) is 17.8 Å². The molecule has 0 saturated carbocycles. The second-order valence-corrected chi connectivity index (χ2v) is 6.63. The van der Waals surface area contributed by atoms with Gasteiger partial charge < -0.3 is 15.0 Å². The van der Waals surface area contributed by atoms with Gasteiger partial charge in [0.2, 0.25) is 5.91 Å². The zero-order valence-corrected chi connectivity index (χ0v) is 12.9. The first-order valence-electron chi connectivity index (χ1n) is 6.57. The maximum atomic E-state index is 11.8. The molecule has 3 heterocycles. The Bertz CT molecular complexity index is 654. The third kappa shape index (κ3) is 3.55. The van der Waals surface area contributed by atoms with Crippen LogP contribution in [0, 0.1) is 0 Å². The molecule has 2 aromatic rings. The van der Waals surface area contributed by atoms with E-state index in [1.165, 1.54) is 17.4 Å². The Labute approximate surface area is 130 Å². The number of thioether (sulfide) groups is 1. The van der Waals surface area contributed by atoms with E-state index in [0.29, 0.717) is 6.54 Å². The third-order valence-corrected chi connectivity index (χ3v) is 4.97. The molecular formula is C14H15N3O2S2. The Balaban J connectivity index is 1.51. The van der Waals surface area contributed by atoms with Crippen LogP contribution >= 0.6 is 23.1 Å². The number of thiophene rings is 1. The summed E-state index contributed by atoms with van der Waals surface area (Å²) in [6.07, 6.45) is 5.25. The number of aromatic nitrogens is 2. The largest absolute Gasteiger partial charge is 0.392 e. The summed E-state index contributed by atoms with van der Waals surface area (Å²) in [6, 6.07) is 1.87. The van der Waals surface area contributed by atoms with Crippen molar-refractivity contribution in [3.05, 3.63) is 39.9 Å². The number of imidazole rings is 1. The molecule has 0 spiro atoms. The summed E-state index contributed by atoms with van der Waals surface area (Å²) in [7, 11) is 0. The summed E-state index contributed by atoms with van der Waals surface area (Å²) >= 11 is 3.24.